The third kappa shape index (κ3) is 5.05. The molecule has 0 saturated carbocycles. The molecule has 1 unspecified atom stereocenters. The number of likely N-dealkylation sites (N-methyl/N-ethyl adjacent to an activating group) is 1. The zero-order valence-electron chi connectivity index (χ0n) is 25.4. The second-order valence-electron chi connectivity index (χ2n) is 11.8. The highest BCUT2D eigenvalue weighted by Gasteiger charge is 2.39. The van der Waals surface area contributed by atoms with Crippen molar-refractivity contribution in [2.24, 2.45) is 5.16 Å². The molecule has 1 saturated heterocycles. The molecule has 7 rings (SSSR count). The minimum atomic E-state index is -1.08. The molecular weight excluding hydrogens is 567 g/mol. The van der Waals surface area contributed by atoms with Gasteiger partial charge in [-0.1, -0.05) is 96.2 Å². The lowest BCUT2D eigenvalue weighted by Gasteiger charge is -2.37. The van der Waals surface area contributed by atoms with E-state index in [1.807, 2.05) is 107 Å². The van der Waals surface area contributed by atoms with E-state index in [-0.39, 0.29) is 16.9 Å². The fourth-order valence-corrected chi connectivity index (χ4v) is 6.49. The number of pyridine rings is 1. The molecule has 0 spiro atoms. The molecule has 3 heterocycles. The van der Waals surface area contributed by atoms with Crippen molar-refractivity contribution in [2.45, 2.75) is 18.6 Å². The maximum Gasteiger partial charge on any atom is 0.212 e. The Kier molecular flexibility index (Phi) is 7.59. The molecule has 0 N–H and O–H groups in total. The first-order valence-corrected chi connectivity index (χ1v) is 15.3. The van der Waals surface area contributed by atoms with Crippen molar-refractivity contribution in [1.82, 2.24) is 9.47 Å². The van der Waals surface area contributed by atoms with E-state index in [9.17, 15) is 4.79 Å². The number of hydrogen-bond acceptors (Lipinski definition) is 6. The molecule has 2 aliphatic rings. The SMILES string of the molecule is CC1COc2c(N3CCN(C)CC3)c(F)cc3c(=O)c(/C=N/OC(c4ccccc4)(c4ccccc4)c4ccccc4)cn1c23. The summed E-state index contributed by atoms with van der Waals surface area (Å²) in [5.74, 6) is -0.0254. The Bertz CT molecular complexity index is 1810. The smallest absolute Gasteiger partial charge is 0.212 e. The fraction of sp³-hybridized carbons (Fsp3) is 0.243. The van der Waals surface area contributed by atoms with E-state index in [1.165, 1.54) is 12.3 Å². The molecular formula is C37H35FN4O3. The predicted octanol–water partition coefficient (Wildman–Crippen LogP) is 6.19. The molecule has 5 aromatic rings. The van der Waals surface area contributed by atoms with Crippen molar-refractivity contribution in [3.8, 4) is 5.75 Å². The van der Waals surface area contributed by atoms with Crippen LogP contribution in [0.3, 0.4) is 0 Å². The quantitative estimate of drug-likeness (QED) is 0.126. The summed E-state index contributed by atoms with van der Waals surface area (Å²) < 4.78 is 24.0. The molecule has 2 aliphatic heterocycles. The molecule has 1 aromatic heterocycles. The zero-order chi connectivity index (χ0) is 31.0. The van der Waals surface area contributed by atoms with Crippen molar-refractivity contribution in [3.05, 3.63) is 142 Å². The summed E-state index contributed by atoms with van der Waals surface area (Å²) in [6.45, 7) is 5.40. The van der Waals surface area contributed by atoms with Gasteiger partial charge in [-0.2, -0.15) is 0 Å². The van der Waals surface area contributed by atoms with Crippen molar-refractivity contribution in [1.29, 1.82) is 0 Å². The van der Waals surface area contributed by atoms with Gasteiger partial charge < -0.3 is 23.9 Å². The van der Waals surface area contributed by atoms with Crippen LogP contribution in [-0.2, 0) is 10.4 Å². The third-order valence-corrected chi connectivity index (χ3v) is 8.91. The van der Waals surface area contributed by atoms with Gasteiger partial charge in [0, 0.05) is 49.1 Å². The molecule has 1 atom stereocenters. The average Bonchev–Trinajstić information content (AvgIpc) is 3.08. The van der Waals surface area contributed by atoms with Gasteiger partial charge >= 0.3 is 0 Å². The zero-order valence-corrected chi connectivity index (χ0v) is 25.4. The van der Waals surface area contributed by atoms with E-state index in [0.717, 1.165) is 29.8 Å². The van der Waals surface area contributed by atoms with Crippen LogP contribution in [0.15, 0.2) is 113 Å². The van der Waals surface area contributed by atoms with Crippen LogP contribution < -0.4 is 15.1 Å². The molecule has 0 aliphatic carbocycles. The number of halogens is 1. The van der Waals surface area contributed by atoms with Crippen molar-refractivity contribution >= 4 is 22.8 Å². The van der Waals surface area contributed by atoms with Crippen LogP contribution in [0.5, 0.6) is 5.75 Å². The summed E-state index contributed by atoms with van der Waals surface area (Å²) in [5.41, 5.74) is 2.59. The van der Waals surface area contributed by atoms with Crippen molar-refractivity contribution in [2.75, 3.05) is 44.7 Å². The Morgan fingerprint density at radius 3 is 2.00 bits per heavy atom. The normalized spacial score (nSPS) is 17.0. The van der Waals surface area contributed by atoms with Crippen LogP contribution in [0.2, 0.25) is 0 Å². The second-order valence-corrected chi connectivity index (χ2v) is 11.8. The topological polar surface area (TPSA) is 59.3 Å². The molecule has 7 nitrogen and oxygen atoms in total. The summed E-state index contributed by atoms with van der Waals surface area (Å²) >= 11 is 0. The van der Waals surface area contributed by atoms with Gasteiger partial charge in [-0.25, -0.2) is 4.39 Å². The monoisotopic (exact) mass is 602 g/mol. The van der Waals surface area contributed by atoms with Gasteiger partial charge in [-0.3, -0.25) is 4.79 Å². The second kappa shape index (κ2) is 11.9. The van der Waals surface area contributed by atoms with Crippen LogP contribution in [0.25, 0.3) is 10.9 Å². The van der Waals surface area contributed by atoms with Gasteiger partial charge in [-0.05, 0) is 20.0 Å². The summed E-state index contributed by atoms with van der Waals surface area (Å²) in [4.78, 5) is 24.7. The molecule has 0 radical (unpaired) electrons. The van der Waals surface area contributed by atoms with Gasteiger partial charge in [0.2, 0.25) is 5.60 Å². The van der Waals surface area contributed by atoms with E-state index in [1.54, 1.807) is 6.20 Å². The molecule has 4 aromatic carbocycles. The van der Waals surface area contributed by atoms with Crippen LogP contribution in [-0.4, -0.2) is 55.5 Å². The number of benzene rings is 4. The first-order valence-electron chi connectivity index (χ1n) is 15.3. The van der Waals surface area contributed by atoms with Crippen molar-refractivity contribution < 1.29 is 14.0 Å². The summed E-state index contributed by atoms with van der Waals surface area (Å²) in [6, 6.07) is 31.0. The number of piperazine rings is 1. The highest BCUT2D eigenvalue weighted by molar-refractivity contribution is 5.95. The van der Waals surface area contributed by atoms with Crippen LogP contribution in [0, 0.1) is 5.82 Å². The maximum absolute atomic E-state index is 15.8. The fourth-order valence-electron chi connectivity index (χ4n) is 6.49. The third-order valence-electron chi connectivity index (χ3n) is 8.91. The van der Waals surface area contributed by atoms with E-state index in [2.05, 4.69) is 17.1 Å². The summed E-state index contributed by atoms with van der Waals surface area (Å²) in [7, 11) is 2.06. The average molecular weight is 603 g/mol. The Hall–Kier alpha value is -4.95. The molecule has 228 valence electrons. The first-order chi connectivity index (χ1) is 22.0. The number of hydrogen-bond donors (Lipinski definition) is 0. The number of aromatic nitrogens is 1. The van der Waals surface area contributed by atoms with Gasteiger partial charge in [0.15, 0.2) is 17.0 Å². The number of anilines is 1. The first kappa shape index (κ1) is 28.8. The van der Waals surface area contributed by atoms with Gasteiger partial charge in [0.05, 0.1) is 28.7 Å². The molecule has 8 heteroatoms. The molecule has 0 bridgehead atoms. The van der Waals surface area contributed by atoms with Crippen molar-refractivity contribution in [3.63, 3.8) is 0 Å². The van der Waals surface area contributed by atoms with E-state index < -0.39 is 11.4 Å². The van der Waals surface area contributed by atoms with E-state index >= 15 is 4.39 Å². The molecule has 45 heavy (non-hydrogen) atoms. The number of ether oxygens (including phenoxy) is 1. The lowest BCUT2D eigenvalue weighted by Crippen LogP contribution is -2.45. The van der Waals surface area contributed by atoms with E-state index in [4.69, 9.17) is 9.57 Å². The molecule has 0 amide bonds. The predicted molar refractivity (Wildman–Crippen MR) is 176 cm³/mol. The lowest BCUT2D eigenvalue weighted by atomic mass is 9.80. The lowest BCUT2D eigenvalue weighted by molar-refractivity contribution is 0.0183. The van der Waals surface area contributed by atoms with E-state index in [0.29, 0.717) is 42.2 Å². The Morgan fingerprint density at radius 2 is 1.44 bits per heavy atom. The molecule has 1 fully saturated rings. The Morgan fingerprint density at radius 1 is 0.889 bits per heavy atom. The number of oxime groups is 1. The number of rotatable bonds is 7. The summed E-state index contributed by atoms with van der Waals surface area (Å²) in [5, 5.41) is 4.76. The highest BCUT2D eigenvalue weighted by atomic mass is 19.1. The summed E-state index contributed by atoms with van der Waals surface area (Å²) in [6.07, 6.45) is 3.23. The standard InChI is InChI=1S/C37H35FN4O3/c1-26-25-44-36-33-31(22-32(38)34(36)41-20-18-40(2)19-21-41)35(43)27(24-42(26)33)23-39-45-37(28-12-6-3-7-13-28,29-14-8-4-9-15-29)30-16-10-5-11-17-30/h3-17,22-24,26H,18-21,25H2,1-2H3/b39-23+. The van der Waals surface area contributed by atoms with Crippen LogP contribution >= 0.6 is 0 Å². The highest BCUT2D eigenvalue weighted by Crippen LogP contribution is 2.43. The Balaban J connectivity index is 1.34. The van der Waals surface area contributed by atoms with Gasteiger partial charge in [0.1, 0.15) is 12.3 Å². The van der Waals surface area contributed by atoms with Crippen LogP contribution in [0.4, 0.5) is 10.1 Å². The van der Waals surface area contributed by atoms with Crippen LogP contribution in [0.1, 0.15) is 35.2 Å². The van der Waals surface area contributed by atoms with Gasteiger partial charge in [0.25, 0.3) is 0 Å². The van der Waals surface area contributed by atoms with Gasteiger partial charge in [-0.15, -0.1) is 0 Å². The maximum atomic E-state index is 15.8. The minimum absolute atomic E-state index is 0.0727. The minimum Gasteiger partial charge on any atom is -0.487 e. The number of nitrogens with zero attached hydrogens (tertiary/aromatic N) is 4. The Labute approximate surface area is 261 Å². The largest absolute Gasteiger partial charge is 0.487 e.